The number of nitrogens with one attached hydrogen (secondary N) is 1. The van der Waals surface area contributed by atoms with Gasteiger partial charge in [-0.3, -0.25) is 4.79 Å². The van der Waals surface area contributed by atoms with E-state index >= 15 is 0 Å². The van der Waals surface area contributed by atoms with Crippen LogP contribution in [0.4, 0.5) is 5.69 Å². The van der Waals surface area contributed by atoms with E-state index in [0.717, 1.165) is 8.04 Å². The van der Waals surface area contributed by atoms with Crippen molar-refractivity contribution in [2.24, 2.45) is 0 Å². The van der Waals surface area contributed by atoms with Crippen LogP contribution in [-0.2, 0) is 4.79 Å². The molecule has 0 heterocycles. The van der Waals surface area contributed by atoms with Crippen molar-refractivity contribution in [3.63, 3.8) is 0 Å². The van der Waals surface area contributed by atoms with Crippen molar-refractivity contribution in [1.29, 1.82) is 5.26 Å². The number of anilines is 1. The van der Waals surface area contributed by atoms with Crippen molar-refractivity contribution in [3.05, 3.63) is 59.1 Å². The van der Waals surface area contributed by atoms with E-state index in [2.05, 4.69) is 43.8 Å². The number of rotatable bonds is 3. The van der Waals surface area contributed by atoms with Crippen molar-refractivity contribution < 1.29 is 9.90 Å². The average molecular weight is 595 g/mol. The maximum atomic E-state index is 12.2. The number of nitriles is 1. The molecule has 0 saturated heterocycles. The minimum absolute atomic E-state index is 0.0511. The topological polar surface area (TPSA) is 73.1 Å². The van der Waals surface area contributed by atoms with Gasteiger partial charge in [0.1, 0.15) is 17.4 Å². The molecule has 0 saturated carbocycles. The highest BCUT2D eigenvalue weighted by atomic mass is 127. The van der Waals surface area contributed by atoms with Crippen molar-refractivity contribution in [2.45, 2.75) is 0 Å². The minimum Gasteiger partial charge on any atom is -0.506 e. The first-order valence-electron chi connectivity index (χ1n) is 6.27. The summed E-state index contributed by atoms with van der Waals surface area (Å²) >= 11 is 7.43. The average Bonchev–Trinajstić information content (AvgIpc) is 2.51. The minimum atomic E-state index is -0.525. The SMILES string of the molecule is N#C/C(=C/c1cc(I)cc(I)c1O)C(=O)Nc1ccc(Br)cc1. The highest BCUT2D eigenvalue weighted by Gasteiger charge is 2.12. The third-order valence-electron chi connectivity index (χ3n) is 2.82. The van der Waals surface area contributed by atoms with Crippen molar-refractivity contribution in [3.8, 4) is 11.8 Å². The number of phenolic OH excluding ortho intramolecular Hbond substituents is 1. The molecule has 1 amide bonds. The lowest BCUT2D eigenvalue weighted by molar-refractivity contribution is -0.112. The molecule has 0 spiro atoms. The maximum Gasteiger partial charge on any atom is 0.266 e. The van der Waals surface area contributed by atoms with E-state index in [-0.39, 0.29) is 11.3 Å². The Kier molecular flexibility index (Phi) is 6.43. The Morgan fingerprint density at radius 3 is 2.52 bits per heavy atom. The van der Waals surface area contributed by atoms with Crippen molar-refractivity contribution in [2.75, 3.05) is 5.32 Å². The van der Waals surface area contributed by atoms with Crippen LogP contribution in [0.2, 0.25) is 0 Å². The van der Waals surface area contributed by atoms with Crippen LogP contribution < -0.4 is 5.32 Å². The quantitative estimate of drug-likeness (QED) is 0.301. The molecule has 0 radical (unpaired) electrons. The molecule has 23 heavy (non-hydrogen) atoms. The highest BCUT2D eigenvalue weighted by Crippen LogP contribution is 2.29. The number of phenols is 1. The molecule has 2 aromatic carbocycles. The molecule has 2 rings (SSSR count). The fourth-order valence-corrected chi connectivity index (χ4v) is 3.89. The first-order chi connectivity index (χ1) is 10.9. The molecule has 0 bridgehead atoms. The zero-order chi connectivity index (χ0) is 17.0. The molecule has 116 valence electrons. The lowest BCUT2D eigenvalue weighted by Crippen LogP contribution is -2.13. The number of benzene rings is 2. The Bertz CT molecular complexity index is 827. The Morgan fingerprint density at radius 1 is 1.26 bits per heavy atom. The van der Waals surface area contributed by atoms with E-state index in [0.29, 0.717) is 14.8 Å². The molecule has 2 N–H and O–H groups in total. The maximum absolute atomic E-state index is 12.2. The number of aromatic hydroxyl groups is 1. The van der Waals surface area contributed by atoms with Crippen LogP contribution in [0.5, 0.6) is 5.75 Å². The standard InChI is InChI=1S/C16H9BrI2N2O2/c17-11-1-3-13(4-2-11)21-16(23)10(8-20)5-9-6-12(18)7-14(19)15(9)22/h1-7,22H,(H,21,23)/b10-5-. The van der Waals surface area contributed by atoms with Gasteiger partial charge in [-0.1, -0.05) is 15.9 Å². The molecule has 0 aliphatic heterocycles. The summed E-state index contributed by atoms with van der Waals surface area (Å²) in [5, 5.41) is 22.0. The van der Waals surface area contributed by atoms with Gasteiger partial charge in [0.15, 0.2) is 0 Å². The molecule has 4 nitrogen and oxygen atoms in total. The summed E-state index contributed by atoms with van der Waals surface area (Å²) in [6.07, 6.45) is 1.38. The lowest BCUT2D eigenvalue weighted by Gasteiger charge is -2.06. The molecule has 7 heteroatoms. The van der Waals surface area contributed by atoms with Gasteiger partial charge in [-0.05, 0) is 87.7 Å². The van der Waals surface area contributed by atoms with Crippen LogP contribution in [0.15, 0.2) is 46.4 Å². The van der Waals surface area contributed by atoms with Gasteiger partial charge in [-0.25, -0.2) is 0 Å². The Morgan fingerprint density at radius 2 is 1.91 bits per heavy atom. The van der Waals surface area contributed by atoms with E-state index in [1.807, 2.05) is 34.7 Å². The van der Waals surface area contributed by atoms with E-state index in [1.165, 1.54) is 6.08 Å². The van der Waals surface area contributed by atoms with E-state index < -0.39 is 5.91 Å². The normalized spacial score (nSPS) is 11.0. The fraction of sp³-hybridized carbons (Fsp3) is 0. The third-order valence-corrected chi connectivity index (χ3v) is 4.80. The largest absolute Gasteiger partial charge is 0.506 e. The third kappa shape index (κ3) is 4.92. The van der Waals surface area contributed by atoms with Gasteiger partial charge >= 0.3 is 0 Å². The number of hydrogen-bond donors (Lipinski definition) is 2. The second-order valence-electron chi connectivity index (χ2n) is 4.46. The molecule has 0 aliphatic rings. The second kappa shape index (κ2) is 8.12. The van der Waals surface area contributed by atoms with Gasteiger partial charge in [-0.2, -0.15) is 5.26 Å². The van der Waals surface area contributed by atoms with Gasteiger partial charge in [0, 0.05) is 19.3 Å². The van der Waals surface area contributed by atoms with Gasteiger partial charge in [-0.15, -0.1) is 0 Å². The first-order valence-corrected chi connectivity index (χ1v) is 9.22. The van der Waals surface area contributed by atoms with Crippen molar-refractivity contribution >= 4 is 78.8 Å². The summed E-state index contributed by atoms with van der Waals surface area (Å²) in [7, 11) is 0. The van der Waals surface area contributed by atoms with Gasteiger partial charge in [0.05, 0.1) is 3.57 Å². The molecule has 0 fully saturated rings. The smallest absolute Gasteiger partial charge is 0.266 e. The second-order valence-corrected chi connectivity index (χ2v) is 7.78. The molecule has 2 aromatic rings. The lowest BCUT2D eigenvalue weighted by atomic mass is 10.1. The van der Waals surface area contributed by atoms with Crippen molar-refractivity contribution in [1.82, 2.24) is 0 Å². The summed E-state index contributed by atoms with van der Waals surface area (Å²) in [6.45, 7) is 0. The predicted molar refractivity (Wildman–Crippen MR) is 110 cm³/mol. The van der Waals surface area contributed by atoms with Crippen LogP contribution in [0.1, 0.15) is 5.56 Å². The number of hydrogen-bond acceptors (Lipinski definition) is 3. The Labute approximate surface area is 169 Å². The zero-order valence-corrected chi connectivity index (χ0v) is 17.4. The molecular formula is C16H9BrI2N2O2. The van der Waals surface area contributed by atoms with E-state index in [9.17, 15) is 15.2 Å². The van der Waals surface area contributed by atoms with Crippen LogP contribution in [0, 0.1) is 18.5 Å². The highest BCUT2D eigenvalue weighted by molar-refractivity contribution is 14.1. The summed E-state index contributed by atoms with van der Waals surface area (Å²) < 4.78 is 2.46. The van der Waals surface area contributed by atoms with Crippen LogP contribution >= 0.6 is 61.1 Å². The zero-order valence-electron chi connectivity index (χ0n) is 11.5. The molecule has 0 unspecified atom stereocenters. The summed E-state index contributed by atoms with van der Waals surface area (Å²) in [4.78, 5) is 12.2. The summed E-state index contributed by atoms with van der Waals surface area (Å²) in [6, 6.07) is 12.4. The molecule has 0 atom stereocenters. The van der Waals surface area contributed by atoms with Gasteiger partial charge in [0.2, 0.25) is 0 Å². The molecule has 0 aliphatic carbocycles. The van der Waals surface area contributed by atoms with Gasteiger partial charge in [0.25, 0.3) is 5.91 Å². The van der Waals surface area contributed by atoms with Crippen LogP contribution in [0.3, 0.4) is 0 Å². The first kappa shape index (κ1) is 18.2. The summed E-state index contributed by atoms with van der Waals surface area (Å²) in [5.41, 5.74) is 0.936. The number of carbonyl (C=O) groups excluding carboxylic acids is 1. The van der Waals surface area contributed by atoms with Gasteiger partial charge < -0.3 is 10.4 Å². The van der Waals surface area contributed by atoms with Crippen LogP contribution in [-0.4, -0.2) is 11.0 Å². The monoisotopic (exact) mass is 594 g/mol. The predicted octanol–water partition coefficient (Wildman–Crippen LogP) is 4.91. The molecular weight excluding hydrogens is 586 g/mol. The van der Waals surface area contributed by atoms with Crippen LogP contribution in [0.25, 0.3) is 6.08 Å². The number of amides is 1. The Hall–Kier alpha value is -1.12. The number of halogens is 3. The van der Waals surface area contributed by atoms with E-state index in [1.54, 1.807) is 30.3 Å². The Balaban J connectivity index is 2.30. The molecule has 0 aromatic heterocycles. The number of nitrogens with zero attached hydrogens (tertiary/aromatic N) is 1. The number of carbonyl (C=O) groups is 1. The fourth-order valence-electron chi connectivity index (χ4n) is 1.73. The van der Waals surface area contributed by atoms with E-state index in [4.69, 9.17) is 0 Å². The summed E-state index contributed by atoms with van der Waals surface area (Å²) in [5.74, 6) is -0.474.